The summed E-state index contributed by atoms with van der Waals surface area (Å²) in [7, 11) is 0. The van der Waals surface area contributed by atoms with Crippen LogP contribution in [0.25, 0.3) is 0 Å². The Morgan fingerprint density at radius 1 is 0.645 bits per heavy atom. The maximum atomic E-state index is 11.9. The van der Waals surface area contributed by atoms with Gasteiger partial charge in [0.25, 0.3) is 0 Å². The molecule has 0 aromatic heterocycles. The van der Waals surface area contributed by atoms with E-state index in [2.05, 4.69) is 31.3 Å². The van der Waals surface area contributed by atoms with Crippen LogP contribution in [0.15, 0.2) is 30.3 Å². The number of hydrogen-bond acceptors (Lipinski definition) is 1. The predicted molar refractivity (Wildman–Crippen MR) is 136 cm³/mol. The van der Waals surface area contributed by atoms with Gasteiger partial charge in [0.15, 0.2) is 0 Å². The van der Waals surface area contributed by atoms with Gasteiger partial charge in [-0.1, -0.05) is 147 Å². The molecule has 1 amide bonds. The highest BCUT2D eigenvalue weighted by molar-refractivity contribution is 5.75. The van der Waals surface area contributed by atoms with Crippen LogP contribution in [0, 0.1) is 5.92 Å². The fourth-order valence-corrected chi connectivity index (χ4v) is 4.20. The van der Waals surface area contributed by atoms with E-state index in [1.165, 1.54) is 108 Å². The molecule has 0 bridgehead atoms. The fourth-order valence-electron chi connectivity index (χ4n) is 4.20. The largest absolute Gasteiger partial charge is 0.352 e. The predicted octanol–water partition coefficient (Wildman–Crippen LogP) is 8.98. The van der Waals surface area contributed by atoms with E-state index in [1.54, 1.807) is 0 Å². The second kappa shape index (κ2) is 20.6. The maximum Gasteiger partial charge on any atom is 0.220 e. The Morgan fingerprint density at radius 3 is 1.52 bits per heavy atom. The van der Waals surface area contributed by atoms with Gasteiger partial charge in [0.05, 0.1) is 0 Å². The van der Waals surface area contributed by atoms with Crippen molar-refractivity contribution in [2.24, 2.45) is 5.92 Å². The summed E-state index contributed by atoms with van der Waals surface area (Å²) in [6.45, 7) is 5.31. The second-order valence-corrected chi connectivity index (χ2v) is 9.85. The van der Waals surface area contributed by atoms with Crippen molar-refractivity contribution in [2.75, 3.05) is 0 Å². The van der Waals surface area contributed by atoms with Crippen molar-refractivity contribution in [3.05, 3.63) is 35.9 Å². The Morgan fingerprint density at radius 2 is 1.06 bits per heavy atom. The molecule has 0 aliphatic heterocycles. The summed E-state index contributed by atoms with van der Waals surface area (Å²) in [6, 6.07) is 10.1. The molecule has 0 heterocycles. The monoisotopic (exact) mass is 429 g/mol. The second-order valence-electron chi connectivity index (χ2n) is 9.85. The van der Waals surface area contributed by atoms with Crippen LogP contribution in [0.3, 0.4) is 0 Å². The molecular formula is C29H51NO. The number of carbonyl (C=O) groups is 1. The van der Waals surface area contributed by atoms with Gasteiger partial charge in [0, 0.05) is 13.0 Å². The molecule has 1 aromatic carbocycles. The summed E-state index contributed by atoms with van der Waals surface area (Å²) in [5.74, 6) is 1.07. The van der Waals surface area contributed by atoms with Gasteiger partial charge in [-0.05, 0) is 17.9 Å². The van der Waals surface area contributed by atoms with Gasteiger partial charge >= 0.3 is 0 Å². The number of unbranched alkanes of at least 4 members (excludes halogenated alkanes) is 15. The van der Waals surface area contributed by atoms with Crippen molar-refractivity contribution in [3.8, 4) is 0 Å². The number of benzene rings is 1. The molecule has 0 aliphatic carbocycles. The summed E-state index contributed by atoms with van der Waals surface area (Å²) in [4.78, 5) is 11.9. The summed E-state index contributed by atoms with van der Waals surface area (Å²) < 4.78 is 0. The van der Waals surface area contributed by atoms with E-state index in [1.807, 2.05) is 18.2 Å². The van der Waals surface area contributed by atoms with Crippen LogP contribution < -0.4 is 5.32 Å². The lowest BCUT2D eigenvalue weighted by Crippen LogP contribution is -2.22. The third kappa shape index (κ3) is 19.1. The fraction of sp³-hybridized carbons (Fsp3) is 0.759. The molecular weight excluding hydrogens is 378 g/mol. The first-order valence-electron chi connectivity index (χ1n) is 13.5. The van der Waals surface area contributed by atoms with E-state index in [4.69, 9.17) is 0 Å². The molecule has 0 spiro atoms. The lowest BCUT2D eigenvalue weighted by Gasteiger charge is -2.06. The Hall–Kier alpha value is -1.31. The lowest BCUT2D eigenvalue weighted by molar-refractivity contribution is -0.121. The molecule has 0 saturated heterocycles. The van der Waals surface area contributed by atoms with Crippen molar-refractivity contribution >= 4 is 5.91 Å². The van der Waals surface area contributed by atoms with Crippen molar-refractivity contribution in [3.63, 3.8) is 0 Å². The molecule has 1 N–H and O–H groups in total. The van der Waals surface area contributed by atoms with Crippen LogP contribution in [0.4, 0.5) is 0 Å². The Labute approximate surface area is 194 Å². The van der Waals surface area contributed by atoms with Crippen molar-refractivity contribution in [1.82, 2.24) is 5.32 Å². The highest BCUT2D eigenvalue weighted by Gasteiger charge is 2.01. The van der Waals surface area contributed by atoms with E-state index < -0.39 is 0 Å². The molecule has 0 atom stereocenters. The standard InChI is InChI=1S/C29H51NO/c1-27(2)22-18-15-13-11-9-7-5-3-4-6-8-10-12-14-16-21-25-29(31)30-26-28-23-19-17-20-24-28/h17,19-20,23-24,27H,3-16,18,21-22,25-26H2,1-2H3,(H,30,31). The number of carbonyl (C=O) groups excluding carboxylic acids is 1. The first-order chi connectivity index (χ1) is 15.2. The Bertz CT molecular complexity index is 511. The summed E-state index contributed by atoms with van der Waals surface area (Å²) in [5, 5.41) is 3.02. The van der Waals surface area contributed by atoms with Gasteiger partial charge in [-0.25, -0.2) is 0 Å². The van der Waals surface area contributed by atoms with E-state index in [9.17, 15) is 4.79 Å². The van der Waals surface area contributed by atoms with Crippen LogP contribution in [-0.4, -0.2) is 5.91 Å². The smallest absolute Gasteiger partial charge is 0.220 e. The van der Waals surface area contributed by atoms with E-state index in [-0.39, 0.29) is 5.91 Å². The van der Waals surface area contributed by atoms with Crippen LogP contribution in [0.1, 0.15) is 135 Å². The normalized spacial score (nSPS) is 11.2. The Balaban J connectivity index is 1.73. The van der Waals surface area contributed by atoms with E-state index in [0.717, 1.165) is 12.3 Å². The third-order valence-corrected chi connectivity index (χ3v) is 6.27. The van der Waals surface area contributed by atoms with Crippen LogP contribution in [0.2, 0.25) is 0 Å². The van der Waals surface area contributed by atoms with Crippen LogP contribution in [-0.2, 0) is 11.3 Å². The Kier molecular flexibility index (Phi) is 18.4. The first-order valence-corrected chi connectivity index (χ1v) is 13.5. The number of amides is 1. The first kappa shape index (κ1) is 27.7. The zero-order chi connectivity index (χ0) is 22.4. The van der Waals surface area contributed by atoms with Gasteiger partial charge in [-0.3, -0.25) is 4.79 Å². The molecule has 0 unspecified atom stereocenters. The van der Waals surface area contributed by atoms with E-state index >= 15 is 0 Å². The quantitative estimate of drug-likeness (QED) is 0.194. The maximum absolute atomic E-state index is 11.9. The van der Waals surface area contributed by atoms with Gasteiger partial charge in [0.1, 0.15) is 0 Å². The molecule has 1 aromatic rings. The molecule has 0 fully saturated rings. The molecule has 2 nitrogen and oxygen atoms in total. The zero-order valence-electron chi connectivity index (χ0n) is 20.8. The van der Waals surface area contributed by atoms with Crippen molar-refractivity contribution in [2.45, 2.75) is 136 Å². The molecule has 0 aliphatic rings. The summed E-state index contributed by atoms with van der Waals surface area (Å²) >= 11 is 0. The molecule has 0 radical (unpaired) electrons. The minimum absolute atomic E-state index is 0.190. The van der Waals surface area contributed by atoms with Crippen molar-refractivity contribution < 1.29 is 4.79 Å². The minimum atomic E-state index is 0.190. The van der Waals surface area contributed by atoms with Crippen molar-refractivity contribution in [1.29, 1.82) is 0 Å². The highest BCUT2D eigenvalue weighted by Crippen LogP contribution is 2.15. The average Bonchev–Trinajstić information content (AvgIpc) is 2.77. The van der Waals surface area contributed by atoms with E-state index in [0.29, 0.717) is 13.0 Å². The SMILES string of the molecule is CC(C)CCCCCCCCCCCCCCCCCCC(=O)NCc1ccccc1. The molecule has 31 heavy (non-hydrogen) atoms. The molecule has 0 saturated carbocycles. The summed E-state index contributed by atoms with van der Waals surface area (Å²) in [5.41, 5.74) is 1.17. The topological polar surface area (TPSA) is 29.1 Å². The third-order valence-electron chi connectivity index (χ3n) is 6.27. The number of rotatable bonds is 21. The molecule has 1 rings (SSSR count). The van der Waals surface area contributed by atoms with Crippen LogP contribution >= 0.6 is 0 Å². The van der Waals surface area contributed by atoms with Gasteiger partial charge in [-0.15, -0.1) is 0 Å². The average molecular weight is 430 g/mol. The minimum Gasteiger partial charge on any atom is -0.352 e. The van der Waals surface area contributed by atoms with Gasteiger partial charge in [0.2, 0.25) is 5.91 Å². The lowest BCUT2D eigenvalue weighted by atomic mass is 10.0. The molecule has 178 valence electrons. The van der Waals surface area contributed by atoms with Crippen LogP contribution in [0.5, 0.6) is 0 Å². The number of hydrogen-bond donors (Lipinski definition) is 1. The number of nitrogens with one attached hydrogen (secondary N) is 1. The van der Waals surface area contributed by atoms with Gasteiger partial charge < -0.3 is 5.32 Å². The summed E-state index contributed by atoms with van der Waals surface area (Å²) in [6.07, 6.45) is 24.1. The zero-order valence-corrected chi connectivity index (χ0v) is 20.8. The van der Waals surface area contributed by atoms with Gasteiger partial charge in [-0.2, -0.15) is 0 Å². The molecule has 2 heteroatoms. The highest BCUT2D eigenvalue weighted by atomic mass is 16.1.